The SMILES string of the molecule is O=C(O)C[C@@H]1CC[C@@H](C[C@@H](O)/C=C\C/C=C\CCCCCO)O1. The Morgan fingerprint density at radius 2 is 1.91 bits per heavy atom. The summed E-state index contributed by atoms with van der Waals surface area (Å²) in [4.78, 5) is 10.6. The largest absolute Gasteiger partial charge is 0.481 e. The second-order valence-corrected chi connectivity index (χ2v) is 6.07. The van der Waals surface area contributed by atoms with Crippen molar-refractivity contribution in [3.05, 3.63) is 24.3 Å². The Kier molecular flexibility index (Phi) is 10.6. The van der Waals surface area contributed by atoms with E-state index in [9.17, 15) is 9.90 Å². The molecule has 132 valence electrons. The molecule has 0 saturated carbocycles. The fraction of sp³-hybridized carbons (Fsp3) is 0.722. The van der Waals surface area contributed by atoms with Crippen LogP contribution in [0.2, 0.25) is 0 Å². The van der Waals surface area contributed by atoms with E-state index >= 15 is 0 Å². The van der Waals surface area contributed by atoms with Gasteiger partial charge in [-0.3, -0.25) is 4.79 Å². The Morgan fingerprint density at radius 1 is 1.13 bits per heavy atom. The van der Waals surface area contributed by atoms with Gasteiger partial charge in [0.25, 0.3) is 0 Å². The molecule has 3 atom stereocenters. The predicted octanol–water partition coefficient (Wildman–Crippen LogP) is 2.81. The van der Waals surface area contributed by atoms with E-state index in [-0.39, 0.29) is 25.2 Å². The Labute approximate surface area is 138 Å². The van der Waals surface area contributed by atoms with E-state index in [4.69, 9.17) is 14.9 Å². The van der Waals surface area contributed by atoms with Crippen molar-refractivity contribution in [3.8, 4) is 0 Å². The third-order valence-corrected chi connectivity index (χ3v) is 3.93. The van der Waals surface area contributed by atoms with E-state index in [0.717, 1.165) is 44.9 Å². The van der Waals surface area contributed by atoms with Crippen LogP contribution in [0.3, 0.4) is 0 Å². The summed E-state index contributed by atoms with van der Waals surface area (Å²) in [6.07, 6.45) is 14.1. The van der Waals surface area contributed by atoms with Gasteiger partial charge >= 0.3 is 5.97 Å². The van der Waals surface area contributed by atoms with Crippen LogP contribution in [0.5, 0.6) is 0 Å². The highest BCUT2D eigenvalue weighted by molar-refractivity contribution is 5.67. The topological polar surface area (TPSA) is 87.0 Å². The van der Waals surface area contributed by atoms with Crippen molar-refractivity contribution in [2.75, 3.05) is 6.61 Å². The van der Waals surface area contributed by atoms with Crippen molar-refractivity contribution < 1.29 is 24.9 Å². The smallest absolute Gasteiger partial charge is 0.305 e. The van der Waals surface area contributed by atoms with E-state index in [2.05, 4.69) is 12.2 Å². The molecule has 5 nitrogen and oxygen atoms in total. The van der Waals surface area contributed by atoms with Crippen LogP contribution in [0.25, 0.3) is 0 Å². The van der Waals surface area contributed by atoms with Gasteiger partial charge in [-0.25, -0.2) is 0 Å². The highest BCUT2D eigenvalue weighted by Gasteiger charge is 2.27. The molecule has 0 radical (unpaired) electrons. The highest BCUT2D eigenvalue weighted by Crippen LogP contribution is 2.25. The third-order valence-electron chi connectivity index (χ3n) is 3.93. The molecule has 0 amide bonds. The minimum absolute atomic E-state index is 0.0407. The number of ether oxygens (including phenoxy) is 1. The molecule has 0 aliphatic carbocycles. The number of allylic oxidation sites excluding steroid dienone is 3. The lowest BCUT2D eigenvalue weighted by Gasteiger charge is -2.14. The molecule has 0 aromatic carbocycles. The maximum atomic E-state index is 10.6. The summed E-state index contributed by atoms with van der Waals surface area (Å²) >= 11 is 0. The third kappa shape index (κ3) is 10.3. The molecule has 0 aromatic rings. The van der Waals surface area contributed by atoms with Gasteiger partial charge in [-0.2, -0.15) is 0 Å². The Morgan fingerprint density at radius 3 is 2.65 bits per heavy atom. The molecular weight excluding hydrogens is 296 g/mol. The van der Waals surface area contributed by atoms with Crippen molar-refractivity contribution in [1.82, 2.24) is 0 Å². The Balaban J connectivity index is 2.08. The number of aliphatic hydroxyl groups is 2. The van der Waals surface area contributed by atoms with Gasteiger partial charge in [0.2, 0.25) is 0 Å². The maximum Gasteiger partial charge on any atom is 0.305 e. The number of carbonyl (C=O) groups is 1. The number of aliphatic carboxylic acids is 1. The molecule has 1 rings (SSSR count). The van der Waals surface area contributed by atoms with Gasteiger partial charge in [0, 0.05) is 13.0 Å². The Hall–Kier alpha value is -1.17. The maximum absolute atomic E-state index is 10.6. The van der Waals surface area contributed by atoms with Gasteiger partial charge in [-0.15, -0.1) is 0 Å². The van der Waals surface area contributed by atoms with Crippen LogP contribution in [0, 0.1) is 0 Å². The number of rotatable bonds is 12. The van der Waals surface area contributed by atoms with Crippen LogP contribution in [0.15, 0.2) is 24.3 Å². The highest BCUT2D eigenvalue weighted by atomic mass is 16.5. The number of hydrogen-bond donors (Lipinski definition) is 3. The molecule has 0 unspecified atom stereocenters. The molecule has 0 spiro atoms. The van der Waals surface area contributed by atoms with Crippen molar-refractivity contribution in [2.24, 2.45) is 0 Å². The summed E-state index contributed by atoms with van der Waals surface area (Å²) < 4.78 is 5.63. The zero-order valence-electron chi connectivity index (χ0n) is 13.8. The molecule has 23 heavy (non-hydrogen) atoms. The summed E-state index contributed by atoms with van der Waals surface area (Å²) in [6, 6.07) is 0. The average molecular weight is 326 g/mol. The van der Waals surface area contributed by atoms with Gasteiger partial charge in [-0.1, -0.05) is 30.7 Å². The van der Waals surface area contributed by atoms with Crippen molar-refractivity contribution >= 4 is 5.97 Å². The minimum atomic E-state index is -0.834. The second kappa shape index (κ2) is 12.3. The lowest BCUT2D eigenvalue weighted by atomic mass is 10.1. The summed E-state index contributed by atoms with van der Waals surface area (Å²) in [5.74, 6) is -0.834. The van der Waals surface area contributed by atoms with Crippen LogP contribution < -0.4 is 0 Å². The minimum Gasteiger partial charge on any atom is -0.481 e. The van der Waals surface area contributed by atoms with Gasteiger partial charge in [0.05, 0.1) is 24.7 Å². The standard InChI is InChI=1S/C18H30O5/c19-12-8-6-4-2-1-3-5-7-9-15(20)13-16-10-11-17(23-16)14-18(21)22/h1,3,7,9,15-17,19-20H,2,4-6,8,10-14H2,(H,21,22)/b3-1-,9-7-/t15-,16-,17-/m0/s1. The molecule has 1 aliphatic rings. The zero-order chi connectivity index (χ0) is 16.9. The Bertz CT molecular complexity index is 378. The van der Waals surface area contributed by atoms with Crippen LogP contribution in [0.1, 0.15) is 57.8 Å². The summed E-state index contributed by atoms with van der Waals surface area (Å²) in [7, 11) is 0. The molecule has 1 heterocycles. The number of unbranched alkanes of at least 4 members (excludes halogenated alkanes) is 3. The van der Waals surface area contributed by atoms with Gasteiger partial charge < -0.3 is 20.1 Å². The molecule has 5 heteroatoms. The quantitative estimate of drug-likeness (QED) is 0.379. The van der Waals surface area contributed by atoms with E-state index < -0.39 is 12.1 Å². The van der Waals surface area contributed by atoms with Crippen LogP contribution in [-0.2, 0) is 9.53 Å². The van der Waals surface area contributed by atoms with Crippen molar-refractivity contribution in [2.45, 2.75) is 76.1 Å². The number of carboxylic acids is 1. The van der Waals surface area contributed by atoms with Crippen molar-refractivity contribution in [3.63, 3.8) is 0 Å². The number of carboxylic acid groups (broad SMARTS) is 1. The fourth-order valence-corrected chi connectivity index (χ4v) is 2.73. The zero-order valence-corrected chi connectivity index (χ0v) is 13.8. The van der Waals surface area contributed by atoms with E-state index in [0.29, 0.717) is 6.42 Å². The van der Waals surface area contributed by atoms with Crippen LogP contribution in [-0.4, -0.2) is 46.2 Å². The molecule has 0 bridgehead atoms. The first kappa shape index (κ1) is 19.9. The molecule has 1 saturated heterocycles. The second-order valence-electron chi connectivity index (χ2n) is 6.07. The van der Waals surface area contributed by atoms with Crippen LogP contribution in [0.4, 0.5) is 0 Å². The van der Waals surface area contributed by atoms with E-state index in [1.807, 2.05) is 6.08 Å². The lowest BCUT2D eigenvalue weighted by Crippen LogP contribution is -2.18. The van der Waals surface area contributed by atoms with E-state index in [1.165, 1.54) is 0 Å². The normalized spacial score (nSPS) is 23.0. The van der Waals surface area contributed by atoms with Crippen molar-refractivity contribution in [1.29, 1.82) is 0 Å². The molecule has 1 aliphatic heterocycles. The van der Waals surface area contributed by atoms with Gasteiger partial charge in [0.1, 0.15) is 0 Å². The summed E-state index contributed by atoms with van der Waals surface area (Å²) in [6.45, 7) is 0.270. The summed E-state index contributed by atoms with van der Waals surface area (Å²) in [5.41, 5.74) is 0. The molecule has 0 aromatic heterocycles. The lowest BCUT2D eigenvalue weighted by molar-refractivity contribution is -0.140. The molecule has 1 fully saturated rings. The van der Waals surface area contributed by atoms with E-state index in [1.54, 1.807) is 6.08 Å². The first-order valence-corrected chi connectivity index (χ1v) is 8.59. The van der Waals surface area contributed by atoms with Crippen LogP contribution >= 0.6 is 0 Å². The molecular formula is C18H30O5. The fourth-order valence-electron chi connectivity index (χ4n) is 2.73. The predicted molar refractivity (Wildman–Crippen MR) is 89.2 cm³/mol. The van der Waals surface area contributed by atoms with Gasteiger partial charge in [0.15, 0.2) is 0 Å². The average Bonchev–Trinajstić information content (AvgIpc) is 2.91. The first-order chi connectivity index (χ1) is 11.1. The first-order valence-electron chi connectivity index (χ1n) is 8.59. The molecule has 3 N–H and O–H groups in total. The van der Waals surface area contributed by atoms with Gasteiger partial charge in [-0.05, 0) is 38.5 Å². The number of aliphatic hydroxyl groups excluding tert-OH is 2. The number of hydrogen-bond acceptors (Lipinski definition) is 4. The summed E-state index contributed by atoms with van der Waals surface area (Å²) in [5, 5.41) is 27.3. The monoisotopic (exact) mass is 326 g/mol.